The largest absolute Gasteiger partial charge is 0.377 e. The number of amides is 11. The smallest absolute Gasteiger partial charge is 0.315 e. The minimum Gasteiger partial charge on any atom is -0.377 e. The van der Waals surface area contributed by atoms with Gasteiger partial charge in [-0.3, -0.25) is 47.8 Å². The minimum absolute atomic E-state index is 0.0286. The number of ether oxygens (including phenoxy) is 3. The molecule has 3 aliphatic rings. The SMILES string of the molecule is NC(=O)C(CCCCn1cc(CC(NC(=O)COCCOCCOCCNC(=O)CCCC[C@H]2SC[C@H]3NC(=O)N[C@H]32)C(=O)N2CCCC2)nn1)NC(=O)CNC(=O)[C@H](Cc1cnc[nH]1)NC(=O)CNC(=O)[C@H](Cc1c[nH]c2ccccc12)NC=O. The number of nitrogens with zero attached hydrogens (tertiary/aromatic N) is 5. The molecule has 0 radical (unpaired) electrons. The number of carbonyl (C=O) groups excluding carboxylic acids is 10. The summed E-state index contributed by atoms with van der Waals surface area (Å²) < 4.78 is 18.2. The first-order valence-electron chi connectivity index (χ1n) is 29.0. The molecule has 4 aromatic rings. The predicted molar refractivity (Wildman–Crippen MR) is 311 cm³/mol. The van der Waals surface area contributed by atoms with Crippen LogP contribution in [0.3, 0.4) is 0 Å². The molecule has 86 heavy (non-hydrogen) atoms. The van der Waals surface area contributed by atoms with Crippen LogP contribution in [-0.4, -0.2) is 214 Å². The molecule has 0 spiro atoms. The van der Waals surface area contributed by atoms with E-state index in [1.807, 2.05) is 36.0 Å². The number of fused-ring (bicyclic) bond motifs is 2. The predicted octanol–water partition coefficient (Wildman–Crippen LogP) is -2.52. The van der Waals surface area contributed by atoms with Crippen LogP contribution in [0.2, 0.25) is 0 Å². The van der Waals surface area contributed by atoms with E-state index >= 15 is 0 Å². The maximum Gasteiger partial charge on any atom is 0.315 e. The molecular weight excluding hydrogens is 1140 g/mol. The number of nitrogens with two attached hydrogens (primary N) is 1. The molecule has 3 aliphatic heterocycles. The topological polar surface area (TPSA) is 411 Å². The number of likely N-dealkylation sites (tertiary alicyclic amines) is 1. The van der Waals surface area contributed by atoms with Crippen molar-refractivity contribution in [2.24, 2.45) is 5.73 Å². The van der Waals surface area contributed by atoms with Gasteiger partial charge >= 0.3 is 6.03 Å². The number of hydrogen-bond acceptors (Lipinski definition) is 17. The molecule has 31 heteroatoms. The number of rotatable bonds is 40. The van der Waals surface area contributed by atoms with Crippen LogP contribution in [0.1, 0.15) is 74.7 Å². The molecule has 7 rings (SSSR count). The highest BCUT2D eigenvalue weighted by Crippen LogP contribution is 2.33. The third-order valence-electron chi connectivity index (χ3n) is 14.6. The fraction of sp³-hybridized carbons (Fsp3) is 0.582. The summed E-state index contributed by atoms with van der Waals surface area (Å²) in [5.74, 6) is -3.47. The number of carbonyl (C=O) groups is 10. The number of thioether (sulfide) groups is 1. The number of nitrogens with one attached hydrogen (secondary N) is 11. The quantitative estimate of drug-likeness (QED) is 0.0124. The van der Waals surface area contributed by atoms with E-state index in [9.17, 15) is 47.9 Å². The molecule has 0 saturated carbocycles. The number of unbranched alkanes of at least 4 members (excludes halogenated alkanes) is 2. The third kappa shape index (κ3) is 21.4. The first kappa shape index (κ1) is 65.4. The summed E-state index contributed by atoms with van der Waals surface area (Å²) >= 11 is 1.86. The van der Waals surface area contributed by atoms with E-state index in [0.29, 0.717) is 81.7 Å². The number of H-pyrrole nitrogens is 2. The fourth-order valence-electron chi connectivity index (χ4n) is 10.2. The number of imidazole rings is 1. The summed E-state index contributed by atoms with van der Waals surface area (Å²) in [7, 11) is 0. The normalized spacial score (nSPS) is 17.5. The average molecular weight is 1220 g/mol. The summed E-state index contributed by atoms with van der Waals surface area (Å²) in [6, 6.07) is 3.49. The van der Waals surface area contributed by atoms with E-state index in [-0.39, 0.29) is 82.0 Å². The van der Waals surface area contributed by atoms with Gasteiger partial charge in [0.1, 0.15) is 30.8 Å². The Morgan fingerprint density at radius 2 is 1.49 bits per heavy atom. The van der Waals surface area contributed by atoms with Crippen LogP contribution in [0.15, 0.2) is 49.2 Å². The molecular formula is C55H79N17O13S. The second-order valence-corrected chi connectivity index (χ2v) is 22.4. The standard InChI is InChI=1S/C55H79N17O13S/c56-51(78)40(64-47(75)28-61-53(80)42(24-36-27-57-33-62-36)65-48(76)29-60-52(79)41(63-34-73)23-35-26-59-39-10-2-1-9-38(35)39)11-5-6-17-72-30-37(69-70-72)25-43(54(81)71-15-7-8-16-71)66-49(77)31-85-22-21-84-20-19-83-18-14-58-46(74)13-4-3-12-45-50-44(32-86-45)67-55(82)68-50/h1-2,9-10,26-27,30,33-34,40-45,50,59H,3-8,11-25,28-29,31-32H2,(H2,56,78)(H,57,62)(H,58,74)(H,60,79)(H,61,80)(H,63,73)(H,64,75)(H,65,76)(H,66,77)(H2,67,68,82)/t40?,41-,42-,43?,44+,45+,50+/m0/s1. The van der Waals surface area contributed by atoms with Crippen LogP contribution in [0.25, 0.3) is 10.9 Å². The van der Waals surface area contributed by atoms with Crippen molar-refractivity contribution < 1.29 is 62.2 Å². The van der Waals surface area contributed by atoms with Gasteiger partial charge in [0.25, 0.3) is 0 Å². The molecule has 0 aliphatic carbocycles. The second kappa shape index (κ2) is 34.7. The maximum absolute atomic E-state index is 13.6. The number of urea groups is 1. The Morgan fingerprint density at radius 3 is 2.23 bits per heavy atom. The lowest BCUT2D eigenvalue weighted by atomic mass is 10.0. The third-order valence-corrected chi connectivity index (χ3v) is 16.2. The van der Waals surface area contributed by atoms with Crippen molar-refractivity contribution in [2.45, 2.75) is 125 Å². The van der Waals surface area contributed by atoms with Crippen LogP contribution >= 0.6 is 11.8 Å². The Morgan fingerprint density at radius 1 is 0.767 bits per heavy atom. The molecule has 7 atom stereocenters. The number of aromatic nitrogens is 6. The lowest BCUT2D eigenvalue weighted by Gasteiger charge is -2.23. The van der Waals surface area contributed by atoms with Gasteiger partial charge in [-0.15, -0.1) is 5.10 Å². The van der Waals surface area contributed by atoms with Gasteiger partial charge in [0.05, 0.1) is 70.2 Å². The summed E-state index contributed by atoms with van der Waals surface area (Å²) in [6.45, 7) is 1.75. The molecule has 0 bridgehead atoms. The van der Waals surface area contributed by atoms with Gasteiger partial charge in [0.2, 0.25) is 53.7 Å². The Labute approximate surface area is 500 Å². The highest BCUT2D eigenvalue weighted by Gasteiger charge is 2.42. The van der Waals surface area contributed by atoms with Crippen LogP contribution in [0.5, 0.6) is 0 Å². The number of hydrogen-bond donors (Lipinski definition) is 12. The van der Waals surface area contributed by atoms with E-state index in [4.69, 9.17) is 19.9 Å². The first-order chi connectivity index (χ1) is 41.7. The van der Waals surface area contributed by atoms with E-state index in [0.717, 1.165) is 54.3 Å². The molecule has 1 aromatic carbocycles. The van der Waals surface area contributed by atoms with E-state index < -0.39 is 72.7 Å². The van der Waals surface area contributed by atoms with Crippen molar-refractivity contribution in [1.82, 2.24) is 82.7 Å². The summed E-state index contributed by atoms with van der Waals surface area (Å²) in [6.07, 6.45) is 12.6. The van der Waals surface area contributed by atoms with Crippen molar-refractivity contribution in [1.29, 1.82) is 0 Å². The molecule has 3 aromatic heterocycles. The van der Waals surface area contributed by atoms with Crippen LogP contribution in [0.4, 0.5) is 4.79 Å². The Bertz CT molecular complexity index is 2880. The lowest BCUT2D eigenvalue weighted by Crippen LogP contribution is -2.54. The summed E-state index contributed by atoms with van der Waals surface area (Å²) in [4.78, 5) is 139. The van der Waals surface area contributed by atoms with Crippen LogP contribution < -0.4 is 53.6 Å². The second-order valence-electron chi connectivity index (χ2n) is 21.1. The monoisotopic (exact) mass is 1220 g/mol. The average Bonchev–Trinajstić information content (AvgIpc) is 3.08. The Balaban J connectivity index is 0.747. The van der Waals surface area contributed by atoms with Crippen molar-refractivity contribution in [3.8, 4) is 0 Å². The fourth-order valence-corrected chi connectivity index (χ4v) is 11.8. The first-order valence-corrected chi connectivity index (χ1v) is 30.1. The summed E-state index contributed by atoms with van der Waals surface area (Å²) in [5, 5.41) is 33.8. The zero-order valence-corrected chi connectivity index (χ0v) is 48.8. The summed E-state index contributed by atoms with van der Waals surface area (Å²) in [5.41, 5.74) is 8.21. The Kier molecular flexibility index (Phi) is 26.4. The van der Waals surface area contributed by atoms with Crippen molar-refractivity contribution in [2.75, 3.05) is 78.1 Å². The zero-order chi connectivity index (χ0) is 61.0. The number of primary amides is 1. The van der Waals surface area contributed by atoms with Gasteiger partial charge in [0.15, 0.2) is 0 Å². The van der Waals surface area contributed by atoms with Crippen LogP contribution in [0, 0.1) is 0 Å². The highest BCUT2D eigenvalue weighted by atomic mass is 32.2. The molecule has 2 unspecified atom stereocenters. The van der Waals surface area contributed by atoms with Crippen molar-refractivity contribution in [3.63, 3.8) is 0 Å². The molecule has 13 N–H and O–H groups in total. The molecule has 468 valence electrons. The van der Waals surface area contributed by atoms with Gasteiger partial charge in [0, 0.05) is 98.1 Å². The van der Waals surface area contributed by atoms with Gasteiger partial charge in [-0.2, -0.15) is 11.8 Å². The van der Waals surface area contributed by atoms with Gasteiger partial charge in [-0.05, 0) is 56.6 Å². The molecule has 30 nitrogen and oxygen atoms in total. The van der Waals surface area contributed by atoms with E-state index in [1.165, 1.54) is 12.5 Å². The van der Waals surface area contributed by atoms with Gasteiger partial charge < -0.3 is 82.7 Å². The lowest BCUT2D eigenvalue weighted by molar-refractivity contribution is -0.137. The molecule has 11 amide bonds. The number of aryl methyl sites for hydroxylation is 1. The van der Waals surface area contributed by atoms with Crippen molar-refractivity contribution >= 4 is 82.4 Å². The van der Waals surface area contributed by atoms with Crippen molar-refractivity contribution in [3.05, 3.63) is 66.1 Å². The number of para-hydroxylation sites is 1. The maximum atomic E-state index is 13.6. The van der Waals surface area contributed by atoms with Gasteiger partial charge in [-0.25, -0.2) is 9.78 Å². The number of benzene rings is 1. The molecule has 6 heterocycles. The highest BCUT2D eigenvalue weighted by molar-refractivity contribution is 8.00. The van der Waals surface area contributed by atoms with E-state index in [2.05, 4.69) is 73.1 Å². The number of aromatic amines is 2. The Hall–Kier alpha value is -8.16. The van der Waals surface area contributed by atoms with E-state index in [1.54, 1.807) is 22.0 Å². The molecule has 3 fully saturated rings. The minimum atomic E-state index is -1.22. The van der Waals surface area contributed by atoms with Gasteiger partial charge in [-0.1, -0.05) is 29.8 Å². The van der Waals surface area contributed by atoms with Crippen LogP contribution in [-0.2, 0) is 83.2 Å². The molecule has 3 saturated heterocycles. The zero-order valence-electron chi connectivity index (χ0n) is 47.9.